The van der Waals surface area contributed by atoms with E-state index in [-0.39, 0.29) is 5.54 Å². The lowest BCUT2D eigenvalue weighted by atomic mass is 9.68. The van der Waals surface area contributed by atoms with Gasteiger partial charge in [-0.1, -0.05) is 13.8 Å². The van der Waals surface area contributed by atoms with Crippen molar-refractivity contribution in [1.82, 2.24) is 4.90 Å². The molecule has 0 spiro atoms. The minimum absolute atomic E-state index is 0.286. The van der Waals surface area contributed by atoms with Crippen LogP contribution in [0.2, 0.25) is 0 Å². The van der Waals surface area contributed by atoms with Gasteiger partial charge in [-0.2, -0.15) is 0 Å². The molecule has 0 amide bonds. The Morgan fingerprint density at radius 2 is 1.67 bits per heavy atom. The van der Waals surface area contributed by atoms with Gasteiger partial charge in [0.1, 0.15) is 0 Å². The second kappa shape index (κ2) is 5.48. The molecule has 0 aromatic heterocycles. The van der Waals surface area contributed by atoms with E-state index in [1.54, 1.807) is 0 Å². The fourth-order valence-corrected chi connectivity index (χ4v) is 3.61. The van der Waals surface area contributed by atoms with E-state index < -0.39 is 0 Å². The molecular weight excluding hydrogens is 224 g/mol. The smallest absolute Gasteiger partial charge is 0.0595 e. The van der Waals surface area contributed by atoms with Gasteiger partial charge in [0.15, 0.2) is 0 Å². The van der Waals surface area contributed by atoms with Crippen molar-refractivity contribution in [3.63, 3.8) is 0 Å². The first-order valence-electron chi connectivity index (χ1n) is 7.49. The maximum atomic E-state index is 6.15. The number of piperidine rings is 1. The first kappa shape index (κ1) is 14.3. The van der Waals surface area contributed by atoms with Crippen LogP contribution in [-0.2, 0) is 4.74 Å². The molecule has 0 aromatic rings. The summed E-state index contributed by atoms with van der Waals surface area (Å²) in [5.74, 6) is 0. The molecule has 2 fully saturated rings. The van der Waals surface area contributed by atoms with E-state index in [0.29, 0.717) is 11.5 Å². The van der Waals surface area contributed by atoms with Crippen LogP contribution in [0.15, 0.2) is 0 Å². The Hall–Kier alpha value is -0.120. The molecular formula is C15H30N2O. The normalized spacial score (nSPS) is 29.3. The number of ether oxygens (including phenoxy) is 1. The van der Waals surface area contributed by atoms with Crippen molar-refractivity contribution in [2.45, 2.75) is 64.0 Å². The zero-order valence-electron chi connectivity index (χ0n) is 12.4. The van der Waals surface area contributed by atoms with Crippen molar-refractivity contribution in [2.75, 3.05) is 26.7 Å². The van der Waals surface area contributed by atoms with Gasteiger partial charge in [0.25, 0.3) is 0 Å². The SMILES string of the molecule is COC1CCN(C2(CN)CCC(C)(C)CC2)CC1. The van der Waals surface area contributed by atoms with Crippen LogP contribution in [0.4, 0.5) is 0 Å². The van der Waals surface area contributed by atoms with Gasteiger partial charge in [0.2, 0.25) is 0 Å². The summed E-state index contributed by atoms with van der Waals surface area (Å²) in [7, 11) is 1.84. The van der Waals surface area contributed by atoms with Crippen LogP contribution >= 0.6 is 0 Å². The van der Waals surface area contributed by atoms with E-state index in [2.05, 4.69) is 18.7 Å². The molecule has 1 heterocycles. The average Bonchev–Trinajstić information content (AvgIpc) is 2.40. The topological polar surface area (TPSA) is 38.5 Å². The summed E-state index contributed by atoms with van der Waals surface area (Å²) in [6.07, 6.45) is 7.98. The highest BCUT2D eigenvalue weighted by molar-refractivity contribution is 4.99. The number of methoxy groups -OCH3 is 1. The largest absolute Gasteiger partial charge is 0.381 e. The molecule has 3 heteroatoms. The lowest BCUT2D eigenvalue weighted by Crippen LogP contribution is -2.59. The van der Waals surface area contributed by atoms with E-state index in [4.69, 9.17) is 10.5 Å². The summed E-state index contributed by atoms with van der Waals surface area (Å²) in [4.78, 5) is 2.66. The van der Waals surface area contributed by atoms with Gasteiger partial charge in [-0.25, -0.2) is 0 Å². The van der Waals surface area contributed by atoms with Gasteiger partial charge >= 0.3 is 0 Å². The second-order valence-electron chi connectivity index (χ2n) is 7.01. The molecule has 1 saturated heterocycles. The molecule has 0 bridgehead atoms. The average molecular weight is 254 g/mol. The quantitative estimate of drug-likeness (QED) is 0.840. The van der Waals surface area contributed by atoms with Crippen LogP contribution in [0.1, 0.15) is 52.4 Å². The molecule has 0 aromatic carbocycles. The van der Waals surface area contributed by atoms with Crippen molar-refractivity contribution in [3.05, 3.63) is 0 Å². The number of rotatable bonds is 3. The van der Waals surface area contributed by atoms with Crippen LogP contribution in [0.25, 0.3) is 0 Å². The van der Waals surface area contributed by atoms with Crippen molar-refractivity contribution in [2.24, 2.45) is 11.1 Å². The third-order valence-corrected chi connectivity index (χ3v) is 5.36. The summed E-state index contributed by atoms with van der Waals surface area (Å²) in [5, 5.41) is 0. The Morgan fingerprint density at radius 1 is 1.11 bits per heavy atom. The van der Waals surface area contributed by atoms with E-state index in [1.165, 1.54) is 38.5 Å². The number of nitrogens with zero attached hydrogens (tertiary/aromatic N) is 1. The predicted molar refractivity (Wildman–Crippen MR) is 75.6 cm³/mol. The lowest BCUT2D eigenvalue weighted by molar-refractivity contribution is -0.0293. The molecule has 106 valence electrons. The Morgan fingerprint density at radius 3 is 2.11 bits per heavy atom. The van der Waals surface area contributed by atoms with E-state index in [1.807, 2.05) is 7.11 Å². The lowest BCUT2D eigenvalue weighted by Gasteiger charge is -2.51. The third kappa shape index (κ3) is 2.89. The monoisotopic (exact) mass is 254 g/mol. The number of hydrogen-bond acceptors (Lipinski definition) is 3. The minimum Gasteiger partial charge on any atom is -0.381 e. The zero-order valence-corrected chi connectivity index (χ0v) is 12.4. The van der Waals surface area contributed by atoms with Crippen LogP contribution in [0.3, 0.4) is 0 Å². The van der Waals surface area contributed by atoms with Crippen LogP contribution in [0, 0.1) is 5.41 Å². The number of hydrogen-bond donors (Lipinski definition) is 1. The van der Waals surface area contributed by atoms with Crippen LogP contribution in [-0.4, -0.2) is 43.3 Å². The molecule has 3 nitrogen and oxygen atoms in total. The molecule has 2 rings (SSSR count). The zero-order chi connectivity index (χ0) is 13.2. The maximum absolute atomic E-state index is 6.15. The molecule has 1 aliphatic heterocycles. The highest BCUT2D eigenvalue weighted by Crippen LogP contribution is 2.43. The molecule has 18 heavy (non-hydrogen) atoms. The summed E-state index contributed by atoms with van der Waals surface area (Å²) >= 11 is 0. The van der Waals surface area contributed by atoms with E-state index in [9.17, 15) is 0 Å². The summed E-state index contributed by atoms with van der Waals surface area (Å²) < 4.78 is 5.47. The Bertz CT molecular complexity index is 260. The summed E-state index contributed by atoms with van der Waals surface area (Å²) in [6.45, 7) is 7.93. The van der Waals surface area contributed by atoms with Crippen LogP contribution < -0.4 is 5.73 Å². The summed E-state index contributed by atoms with van der Waals surface area (Å²) in [6, 6.07) is 0. The predicted octanol–water partition coefficient (Wildman–Crippen LogP) is 2.39. The molecule has 0 atom stereocenters. The molecule has 1 saturated carbocycles. The van der Waals surface area contributed by atoms with Crippen molar-refractivity contribution in [3.8, 4) is 0 Å². The Kier molecular flexibility index (Phi) is 4.35. The molecule has 0 radical (unpaired) electrons. The highest BCUT2D eigenvalue weighted by Gasteiger charge is 2.42. The second-order valence-corrected chi connectivity index (χ2v) is 7.01. The minimum atomic E-state index is 0.286. The van der Waals surface area contributed by atoms with Crippen LogP contribution in [0.5, 0.6) is 0 Å². The van der Waals surface area contributed by atoms with Gasteiger partial charge < -0.3 is 10.5 Å². The van der Waals surface area contributed by atoms with Crippen molar-refractivity contribution >= 4 is 0 Å². The molecule has 2 aliphatic rings. The molecule has 2 N–H and O–H groups in total. The number of nitrogens with two attached hydrogens (primary N) is 1. The Labute approximate surface area is 112 Å². The van der Waals surface area contributed by atoms with Crippen molar-refractivity contribution < 1.29 is 4.74 Å². The van der Waals surface area contributed by atoms with E-state index in [0.717, 1.165) is 19.6 Å². The van der Waals surface area contributed by atoms with Gasteiger partial charge in [0, 0.05) is 32.3 Å². The molecule has 1 aliphatic carbocycles. The summed E-state index contributed by atoms with van der Waals surface area (Å²) in [5.41, 5.74) is 6.96. The van der Waals surface area contributed by atoms with E-state index >= 15 is 0 Å². The van der Waals surface area contributed by atoms with Gasteiger partial charge in [0.05, 0.1) is 6.10 Å². The molecule has 0 unspecified atom stereocenters. The Balaban J connectivity index is 1.97. The van der Waals surface area contributed by atoms with Gasteiger partial charge in [-0.3, -0.25) is 4.90 Å². The standard InChI is InChI=1S/C15H30N2O/c1-14(2)6-8-15(12-16,9-7-14)17-10-4-13(18-3)5-11-17/h13H,4-12,16H2,1-3H3. The fraction of sp³-hybridized carbons (Fsp3) is 1.00. The highest BCUT2D eigenvalue weighted by atomic mass is 16.5. The van der Waals surface area contributed by atoms with Gasteiger partial charge in [-0.05, 0) is 43.9 Å². The third-order valence-electron chi connectivity index (χ3n) is 5.36. The maximum Gasteiger partial charge on any atom is 0.0595 e. The van der Waals surface area contributed by atoms with Crippen molar-refractivity contribution in [1.29, 1.82) is 0 Å². The first-order valence-corrected chi connectivity index (χ1v) is 7.49. The van der Waals surface area contributed by atoms with Gasteiger partial charge in [-0.15, -0.1) is 0 Å². The first-order chi connectivity index (χ1) is 8.51. The number of likely N-dealkylation sites (tertiary alicyclic amines) is 1. The fourth-order valence-electron chi connectivity index (χ4n) is 3.61.